The van der Waals surface area contributed by atoms with E-state index in [9.17, 15) is 4.39 Å². The quantitative estimate of drug-likeness (QED) is 0.598. The molecule has 0 saturated heterocycles. The third-order valence-corrected chi connectivity index (χ3v) is 2.17. The van der Waals surface area contributed by atoms with E-state index in [1.165, 1.54) is 29.5 Å². The van der Waals surface area contributed by atoms with Crippen molar-refractivity contribution in [3.05, 3.63) is 30.4 Å². The van der Waals surface area contributed by atoms with Crippen molar-refractivity contribution in [3.8, 4) is 11.4 Å². The molecule has 0 amide bonds. The van der Waals surface area contributed by atoms with Gasteiger partial charge in [-0.3, -0.25) is 20.1 Å². The summed E-state index contributed by atoms with van der Waals surface area (Å²) in [6, 6.07) is 0. The van der Waals surface area contributed by atoms with Crippen LogP contribution < -0.4 is 5.73 Å². The van der Waals surface area contributed by atoms with Crippen molar-refractivity contribution in [3.63, 3.8) is 0 Å². The predicted molar refractivity (Wildman–Crippen MR) is 60.2 cm³/mol. The SMILES string of the molecule is N=C(N)c1cn(CCF)nc1-c1cnccn1. The minimum atomic E-state index is -0.529. The molecule has 0 unspecified atom stereocenters. The molecule has 88 valence electrons. The summed E-state index contributed by atoms with van der Waals surface area (Å²) < 4.78 is 13.7. The summed E-state index contributed by atoms with van der Waals surface area (Å²) in [7, 11) is 0. The molecular weight excluding hydrogens is 223 g/mol. The van der Waals surface area contributed by atoms with Crippen molar-refractivity contribution in [2.24, 2.45) is 5.73 Å². The van der Waals surface area contributed by atoms with Gasteiger partial charge in [-0.2, -0.15) is 5.10 Å². The molecule has 0 aliphatic rings. The van der Waals surface area contributed by atoms with Crippen LogP contribution in [0.4, 0.5) is 4.39 Å². The Bertz CT molecular complexity index is 521. The summed E-state index contributed by atoms with van der Waals surface area (Å²) in [5.41, 5.74) is 6.83. The lowest BCUT2D eigenvalue weighted by molar-refractivity contribution is 0.427. The standard InChI is InChI=1S/C10H11FN6/c11-1-4-17-6-7(10(12)13)9(16-17)8-5-14-2-3-15-8/h2-3,5-6H,1,4H2,(H3,12,13). The maximum atomic E-state index is 12.2. The summed E-state index contributed by atoms with van der Waals surface area (Å²) in [5, 5.41) is 11.6. The van der Waals surface area contributed by atoms with Gasteiger partial charge in [0.15, 0.2) is 0 Å². The van der Waals surface area contributed by atoms with Gasteiger partial charge >= 0.3 is 0 Å². The molecule has 0 bridgehead atoms. The maximum Gasteiger partial charge on any atom is 0.126 e. The Kier molecular flexibility index (Phi) is 3.08. The third-order valence-electron chi connectivity index (χ3n) is 2.17. The number of amidine groups is 1. The van der Waals surface area contributed by atoms with Crippen molar-refractivity contribution in [2.45, 2.75) is 6.54 Å². The van der Waals surface area contributed by atoms with E-state index in [-0.39, 0.29) is 12.4 Å². The number of halogens is 1. The normalized spacial score (nSPS) is 10.4. The van der Waals surface area contributed by atoms with Crippen LogP contribution in [0, 0.1) is 5.41 Å². The lowest BCUT2D eigenvalue weighted by Crippen LogP contribution is -2.11. The Hall–Kier alpha value is -2.31. The van der Waals surface area contributed by atoms with Crippen LogP contribution >= 0.6 is 0 Å². The Morgan fingerprint density at radius 1 is 1.47 bits per heavy atom. The van der Waals surface area contributed by atoms with Gasteiger partial charge in [0.2, 0.25) is 0 Å². The highest BCUT2D eigenvalue weighted by Crippen LogP contribution is 2.18. The van der Waals surface area contributed by atoms with Crippen LogP contribution in [0.5, 0.6) is 0 Å². The topological polar surface area (TPSA) is 93.5 Å². The molecule has 2 aromatic heterocycles. The predicted octanol–water partition coefficient (Wildman–Crippen LogP) is 0.594. The molecule has 0 spiro atoms. The summed E-state index contributed by atoms with van der Waals surface area (Å²) in [4.78, 5) is 8.00. The van der Waals surface area contributed by atoms with Crippen LogP contribution in [-0.4, -0.2) is 32.3 Å². The number of hydrogen-bond donors (Lipinski definition) is 2. The fourth-order valence-corrected chi connectivity index (χ4v) is 1.43. The summed E-state index contributed by atoms with van der Waals surface area (Å²) in [6.45, 7) is -0.403. The zero-order chi connectivity index (χ0) is 12.3. The first-order chi connectivity index (χ1) is 8.22. The summed E-state index contributed by atoms with van der Waals surface area (Å²) >= 11 is 0. The van der Waals surface area contributed by atoms with E-state index in [0.29, 0.717) is 17.0 Å². The molecule has 0 radical (unpaired) electrons. The summed E-state index contributed by atoms with van der Waals surface area (Å²) in [6.07, 6.45) is 6.11. The van der Waals surface area contributed by atoms with Gasteiger partial charge in [-0.1, -0.05) is 0 Å². The molecule has 3 N–H and O–H groups in total. The van der Waals surface area contributed by atoms with E-state index in [1.807, 2.05) is 0 Å². The average molecular weight is 234 g/mol. The number of rotatable bonds is 4. The second kappa shape index (κ2) is 4.69. The maximum absolute atomic E-state index is 12.2. The van der Waals surface area contributed by atoms with Crippen molar-refractivity contribution in [1.82, 2.24) is 19.7 Å². The van der Waals surface area contributed by atoms with Crippen LogP contribution in [0.15, 0.2) is 24.8 Å². The molecule has 6 nitrogen and oxygen atoms in total. The van der Waals surface area contributed by atoms with E-state index in [0.717, 1.165) is 0 Å². The van der Waals surface area contributed by atoms with Crippen LogP contribution in [0.2, 0.25) is 0 Å². The number of nitrogens with one attached hydrogen (secondary N) is 1. The third kappa shape index (κ3) is 2.27. The van der Waals surface area contributed by atoms with Gasteiger partial charge in [0.1, 0.15) is 23.9 Å². The lowest BCUT2D eigenvalue weighted by atomic mass is 10.2. The summed E-state index contributed by atoms with van der Waals surface area (Å²) in [5.74, 6) is -0.129. The highest BCUT2D eigenvalue weighted by Gasteiger charge is 2.14. The van der Waals surface area contributed by atoms with Gasteiger partial charge < -0.3 is 5.73 Å². The van der Waals surface area contributed by atoms with E-state index in [2.05, 4.69) is 15.1 Å². The highest BCUT2D eigenvalue weighted by molar-refractivity contribution is 5.99. The minimum absolute atomic E-state index is 0.126. The number of hydrogen-bond acceptors (Lipinski definition) is 4. The molecule has 17 heavy (non-hydrogen) atoms. The lowest BCUT2D eigenvalue weighted by Gasteiger charge is -1.97. The molecule has 0 aliphatic carbocycles. The van der Waals surface area contributed by atoms with Crippen molar-refractivity contribution in [2.75, 3.05) is 6.67 Å². The zero-order valence-corrected chi connectivity index (χ0v) is 8.97. The molecule has 0 saturated carbocycles. The molecule has 0 aromatic carbocycles. The number of aromatic nitrogens is 4. The van der Waals surface area contributed by atoms with E-state index >= 15 is 0 Å². The molecule has 2 heterocycles. The Morgan fingerprint density at radius 3 is 2.88 bits per heavy atom. The van der Waals surface area contributed by atoms with E-state index < -0.39 is 6.67 Å². The van der Waals surface area contributed by atoms with Crippen molar-refractivity contribution < 1.29 is 4.39 Å². The highest BCUT2D eigenvalue weighted by atomic mass is 19.1. The Balaban J connectivity index is 2.48. The first kappa shape index (κ1) is 11.2. The molecule has 2 rings (SSSR count). The van der Waals surface area contributed by atoms with Gasteiger partial charge in [-0.15, -0.1) is 0 Å². The van der Waals surface area contributed by atoms with Crippen LogP contribution in [0.25, 0.3) is 11.4 Å². The van der Waals surface area contributed by atoms with Gasteiger partial charge in [0.05, 0.1) is 18.3 Å². The largest absolute Gasteiger partial charge is 0.384 e. The van der Waals surface area contributed by atoms with Crippen LogP contribution in [-0.2, 0) is 6.54 Å². The van der Waals surface area contributed by atoms with Gasteiger partial charge in [0, 0.05) is 18.6 Å². The van der Waals surface area contributed by atoms with E-state index in [4.69, 9.17) is 11.1 Å². The number of aryl methyl sites for hydroxylation is 1. The molecular formula is C10H11FN6. The van der Waals surface area contributed by atoms with Gasteiger partial charge in [0.25, 0.3) is 0 Å². The Labute approximate surface area is 96.8 Å². The smallest absolute Gasteiger partial charge is 0.126 e. The molecule has 0 atom stereocenters. The number of alkyl halides is 1. The van der Waals surface area contributed by atoms with Crippen molar-refractivity contribution >= 4 is 5.84 Å². The monoisotopic (exact) mass is 234 g/mol. The first-order valence-corrected chi connectivity index (χ1v) is 4.96. The zero-order valence-electron chi connectivity index (χ0n) is 8.97. The number of nitrogen functional groups attached to an aromatic ring is 1. The van der Waals surface area contributed by atoms with Crippen LogP contribution in [0.1, 0.15) is 5.56 Å². The minimum Gasteiger partial charge on any atom is -0.384 e. The molecule has 7 heteroatoms. The number of nitrogens with two attached hydrogens (primary N) is 1. The molecule has 0 fully saturated rings. The average Bonchev–Trinajstić information content (AvgIpc) is 2.75. The van der Waals surface area contributed by atoms with Gasteiger partial charge in [-0.05, 0) is 0 Å². The fraction of sp³-hybridized carbons (Fsp3) is 0.200. The van der Waals surface area contributed by atoms with E-state index in [1.54, 1.807) is 0 Å². The number of nitrogens with zero attached hydrogens (tertiary/aromatic N) is 4. The van der Waals surface area contributed by atoms with Crippen LogP contribution in [0.3, 0.4) is 0 Å². The Morgan fingerprint density at radius 2 is 2.29 bits per heavy atom. The molecule has 2 aromatic rings. The van der Waals surface area contributed by atoms with Crippen molar-refractivity contribution in [1.29, 1.82) is 5.41 Å². The van der Waals surface area contributed by atoms with Gasteiger partial charge in [-0.25, -0.2) is 4.39 Å². The second-order valence-corrected chi connectivity index (χ2v) is 3.35. The molecule has 0 aliphatic heterocycles. The first-order valence-electron chi connectivity index (χ1n) is 4.96. The second-order valence-electron chi connectivity index (χ2n) is 3.35. The fourth-order valence-electron chi connectivity index (χ4n) is 1.43.